The summed E-state index contributed by atoms with van der Waals surface area (Å²) in [6.07, 6.45) is -8.85. The predicted molar refractivity (Wildman–Crippen MR) is 45.8 cm³/mol. The fourth-order valence-electron chi connectivity index (χ4n) is 1.09. The van der Waals surface area contributed by atoms with Gasteiger partial charge in [-0.25, -0.2) is 0 Å². The second kappa shape index (κ2) is 4.27. The van der Waals surface area contributed by atoms with Crippen molar-refractivity contribution in [1.82, 2.24) is 0 Å². The normalized spacial score (nSPS) is 12.4. The summed E-state index contributed by atoms with van der Waals surface area (Å²) in [5.74, 6) is 0. The number of alkyl halides is 6. The Morgan fingerprint density at radius 2 is 1.29 bits per heavy atom. The highest BCUT2D eigenvalue weighted by Gasteiger charge is 2.36. The first-order valence-electron chi connectivity index (χ1n) is 4.07. The molecule has 0 saturated heterocycles. The van der Waals surface area contributed by atoms with E-state index in [1.54, 1.807) is 5.32 Å². The van der Waals surface area contributed by atoms with Crippen LogP contribution in [0.4, 0.5) is 32.0 Å². The molecule has 2 nitrogen and oxygen atoms in total. The predicted octanol–water partition coefficient (Wildman–Crippen LogP) is 3.20. The zero-order chi connectivity index (χ0) is 13.3. The van der Waals surface area contributed by atoms with E-state index < -0.39 is 29.2 Å². The van der Waals surface area contributed by atoms with Gasteiger partial charge in [0.2, 0.25) is 0 Å². The van der Waals surface area contributed by atoms with Gasteiger partial charge < -0.3 is 5.32 Å². The summed E-state index contributed by atoms with van der Waals surface area (Å²) in [5.41, 5.74) is -3.61. The molecule has 8 heteroatoms. The van der Waals surface area contributed by atoms with Crippen molar-refractivity contribution in [1.29, 1.82) is 0 Å². The lowest BCUT2D eigenvalue weighted by atomic mass is 10.1. The summed E-state index contributed by atoms with van der Waals surface area (Å²) in [6.45, 7) is 0. The zero-order valence-corrected chi connectivity index (χ0v) is 7.91. The van der Waals surface area contributed by atoms with E-state index in [-0.39, 0.29) is 6.07 Å². The first-order chi connectivity index (χ1) is 7.64. The number of benzene rings is 1. The van der Waals surface area contributed by atoms with Gasteiger partial charge in [-0.05, 0) is 18.2 Å². The number of anilines is 1. The number of nitrogens with one attached hydrogen (secondary N) is 1. The number of amides is 1. The van der Waals surface area contributed by atoms with Crippen LogP contribution in [0.15, 0.2) is 18.2 Å². The zero-order valence-electron chi connectivity index (χ0n) is 7.91. The SMILES string of the molecule is O=[C]Nc1cc(C(F)(F)F)cc(C(F)(F)F)c1. The van der Waals surface area contributed by atoms with Crippen molar-refractivity contribution in [3.05, 3.63) is 29.3 Å². The van der Waals surface area contributed by atoms with Gasteiger partial charge in [-0.2, -0.15) is 26.3 Å². The fourth-order valence-corrected chi connectivity index (χ4v) is 1.09. The summed E-state index contributed by atoms with van der Waals surface area (Å²) >= 11 is 0. The van der Waals surface area contributed by atoms with Crippen molar-refractivity contribution in [2.24, 2.45) is 0 Å². The Morgan fingerprint density at radius 1 is 0.882 bits per heavy atom. The molecule has 0 bridgehead atoms. The number of hydrogen-bond donors (Lipinski definition) is 1. The molecule has 1 amide bonds. The van der Waals surface area contributed by atoms with Crippen LogP contribution in [-0.2, 0) is 17.1 Å². The van der Waals surface area contributed by atoms with Crippen molar-refractivity contribution >= 4 is 12.1 Å². The van der Waals surface area contributed by atoms with Gasteiger partial charge in [-0.1, -0.05) is 0 Å². The number of hydrogen-bond acceptors (Lipinski definition) is 1. The van der Waals surface area contributed by atoms with E-state index in [0.29, 0.717) is 12.1 Å². The number of halogens is 6. The van der Waals surface area contributed by atoms with Crippen LogP contribution < -0.4 is 5.32 Å². The monoisotopic (exact) mass is 256 g/mol. The van der Waals surface area contributed by atoms with E-state index in [1.807, 2.05) is 0 Å². The van der Waals surface area contributed by atoms with Gasteiger partial charge in [0.15, 0.2) is 0 Å². The van der Waals surface area contributed by atoms with Crippen molar-refractivity contribution in [3.63, 3.8) is 0 Å². The van der Waals surface area contributed by atoms with Crippen LogP contribution in [0.1, 0.15) is 11.1 Å². The largest absolute Gasteiger partial charge is 0.416 e. The standard InChI is InChI=1S/C9H4F6NO/c10-8(11,12)5-1-6(9(13,14)15)3-7(2-5)16-4-17/h1-3H,(H,16,17). The molecule has 0 saturated carbocycles. The molecule has 1 rings (SSSR count). The number of rotatable bonds is 2. The van der Waals surface area contributed by atoms with Crippen LogP contribution in [0.5, 0.6) is 0 Å². The summed E-state index contributed by atoms with van der Waals surface area (Å²) in [6, 6.07) is 0.746. The molecule has 0 unspecified atom stereocenters. The molecule has 0 aromatic heterocycles. The molecule has 0 aliphatic heterocycles. The van der Waals surface area contributed by atoms with Crippen LogP contribution in [-0.4, -0.2) is 6.41 Å². The van der Waals surface area contributed by atoms with Gasteiger partial charge in [-0.3, -0.25) is 4.79 Å². The molecule has 0 heterocycles. The third-order valence-electron chi connectivity index (χ3n) is 1.78. The third kappa shape index (κ3) is 3.36. The van der Waals surface area contributed by atoms with Crippen molar-refractivity contribution in [2.75, 3.05) is 5.32 Å². The van der Waals surface area contributed by atoms with Crippen LogP contribution in [0, 0.1) is 0 Å². The molecule has 0 aliphatic rings. The molecule has 93 valence electrons. The molecule has 0 fully saturated rings. The Hall–Kier alpha value is -1.73. The molecule has 0 aliphatic carbocycles. The molecule has 1 aromatic carbocycles. The Morgan fingerprint density at radius 3 is 1.59 bits per heavy atom. The lowest BCUT2D eigenvalue weighted by molar-refractivity contribution is -0.143. The molecular weight excluding hydrogens is 252 g/mol. The molecule has 1 aromatic rings. The molecule has 0 spiro atoms. The Kier molecular flexibility index (Phi) is 3.35. The van der Waals surface area contributed by atoms with Gasteiger partial charge in [0.05, 0.1) is 11.1 Å². The summed E-state index contributed by atoms with van der Waals surface area (Å²) in [4.78, 5) is 9.90. The van der Waals surface area contributed by atoms with Gasteiger partial charge in [0, 0.05) is 5.69 Å². The average Bonchev–Trinajstić information content (AvgIpc) is 2.15. The van der Waals surface area contributed by atoms with E-state index in [0.717, 1.165) is 6.41 Å². The maximum atomic E-state index is 12.3. The van der Waals surface area contributed by atoms with Crippen LogP contribution in [0.2, 0.25) is 0 Å². The van der Waals surface area contributed by atoms with E-state index in [4.69, 9.17) is 0 Å². The smallest absolute Gasteiger partial charge is 0.318 e. The molecule has 0 atom stereocenters. The van der Waals surface area contributed by atoms with Gasteiger partial charge in [0.1, 0.15) is 0 Å². The summed E-state index contributed by atoms with van der Waals surface area (Å²) < 4.78 is 73.7. The van der Waals surface area contributed by atoms with Crippen molar-refractivity contribution < 1.29 is 31.1 Å². The summed E-state index contributed by atoms with van der Waals surface area (Å²) in [5, 5.41) is 1.63. The van der Waals surface area contributed by atoms with Crippen LogP contribution >= 0.6 is 0 Å². The highest BCUT2D eigenvalue weighted by Crippen LogP contribution is 2.37. The van der Waals surface area contributed by atoms with Gasteiger partial charge in [-0.15, -0.1) is 0 Å². The maximum absolute atomic E-state index is 12.3. The minimum Gasteiger partial charge on any atom is -0.318 e. The van der Waals surface area contributed by atoms with Crippen LogP contribution in [0.25, 0.3) is 0 Å². The first-order valence-corrected chi connectivity index (χ1v) is 4.07. The second-order valence-corrected chi connectivity index (χ2v) is 3.02. The van der Waals surface area contributed by atoms with E-state index in [1.165, 1.54) is 0 Å². The lowest BCUT2D eigenvalue weighted by Crippen LogP contribution is -2.12. The molecule has 1 radical (unpaired) electrons. The highest BCUT2D eigenvalue weighted by atomic mass is 19.4. The highest BCUT2D eigenvalue weighted by molar-refractivity contribution is 5.72. The summed E-state index contributed by atoms with van der Waals surface area (Å²) in [7, 11) is 0. The first kappa shape index (κ1) is 13.3. The fraction of sp³-hybridized carbons (Fsp3) is 0.222. The lowest BCUT2D eigenvalue weighted by Gasteiger charge is -2.13. The average molecular weight is 256 g/mol. The second-order valence-electron chi connectivity index (χ2n) is 3.02. The Labute approximate surface area is 91.2 Å². The van der Waals surface area contributed by atoms with Crippen LogP contribution in [0.3, 0.4) is 0 Å². The quantitative estimate of drug-likeness (QED) is 0.639. The number of carbonyl (C=O) groups excluding carboxylic acids is 1. The molecule has 17 heavy (non-hydrogen) atoms. The van der Waals surface area contributed by atoms with E-state index in [9.17, 15) is 31.1 Å². The van der Waals surface area contributed by atoms with Crippen molar-refractivity contribution in [3.8, 4) is 0 Å². The Balaban J connectivity index is 3.34. The molecular formula is C9H4F6NO. The van der Waals surface area contributed by atoms with Crippen molar-refractivity contribution in [2.45, 2.75) is 12.4 Å². The van der Waals surface area contributed by atoms with Gasteiger partial charge >= 0.3 is 18.8 Å². The van der Waals surface area contributed by atoms with E-state index >= 15 is 0 Å². The topological polar surface area (TPSA) is 29.1 Å². The molecule has 1 N–H and O–H groups in total. The van der Waals surface area contributed by atoms with E-state index in [2.05, 4.69) is 0 Å². The maximum Gasteiger partial charge on any atom is 0.416 e. The Bertz CT molecular complexity index is 390. The third-order valence-corrected chi connectivity index (χ3v) is 1.78. The van der Waals surface area contributed by atoms with Gasteiger partial charge in [0.25, 0.3) is 0 Å². The minimum atomic E-state index is -4.93. The minimum absolute atomic E-state index is 0.0318.